The molecule has 0 aliphatic rings. The Labute approximate surface area is 149 Å². The van der Waals surface area contributed by atoms with Crippen LogP contribution in [-0.4, -0.2) is 41.2 Å². The van der Waals surface area contributed by atoms with Gasteiger partial charge in [-0.2, -0.15) is 15.3 Å². The lowest BCUT2D eigenvalue weighted by Gasteiger charge is -2.03. The Balaban J connectivity index is 1.82. The molecule has 3 aromatic rings. The minimum atomic E-state index is -0.508. The maximum Gasteiger partial charge on any atom is 0.278 e. The van der Waals surface area contributed by atoms with Crippen LogP contribution in [-0.2, 0) is 21.1 Å². The van der Waals surface area contributed by atoms with Crippen molar-refractivity contribution in [3.05, 3.63) is 41.0 Å². The third-order valence-corrected chi connectivity index (χ3v) is 4.00. The predicted octanol–water partition coefficient (Wildman–Crippen LogP) is 1.01. The number of nitrogens with one attached hydrogen (secondary N) is 2. The van der Waals surface area contributed by atoms with Crippen molar-refractivity contribution >= 4 is 23.5 Å². The Morgan fingerprint density at radius 2 is 1.35 bits per heavy atom. The zero-order chi connectivity index (χ0) is 19.0. The highest BCUT2D eigenvalue weighted by Crippen LogP contribution is 2.14. The standard InChI is InChI=1S/C16H20N8O2/c1-9-6-12(19-23(9)4)17-15(25)11-8-22(3)21-14(11)16(26)18-13-7-10(2)24(5)20-13/h6-8H,1-5H3,(H,17,19,25)(H,18,20,26). The SMILES string of the molecule is Cc1cc(NC(=O)c2cn(C)nc2C(=O)Nc2cc(C)n(C)n2)nn1C. The van der Waals surface area contributed by atoms with Gasteiger partial charge in [0.15, 0.2) is 17.3 Å². The molecule has 3 heterocycles. The minimum absolute atomic E-state index is 0.0148. The van der Waals surface area contributed by atoms with Crippen LogP contribution in [0, 0.1) is 13.8 Å². The van der Waals surface area contributed by atoms with E-state index in [1.807, 2.05) is 13.8 Å². The Kier molecular flexibility index (Phi) is 4.33. The van der Waals surface area contributed by atoms with Crippen molar-refractivity contribution < 1.29 is 9.59 Å². The van der Waals surface area contributed by atoms with Gasteiger partial charge in [0, 0.05) is 50.9 Å². The molecule has 0 aromatic carbocycles. The smallest absolute Gasteiger partial charge is 0.278 e. The third-order valence-electron chi connectivity index (χ3n) is 4.00. The molecule has 0 bridgehead atoms. The second kappa shape index (κ2) is 6.47. The lowest BCUT2D eigenvalue weighted by atomic mass is 10.2. The van der Waals surface area contributed by atoms with Gasteiger partial charge < -0.3 is 10.6 Å². The predicted molar refractivity (Wildman–Crippen MR) is 95.0 cm³/mol. The molecule has 26 heavy (non-hydrogen) atoms. The second-order valence-electron chi connectivity index (χ2n) is 6.06. The van der Waals surface area contributed by atoms with E-state index in [4.69, 9.17) is 0 Å². The van der Waals surface area contributed by atoms with E-state index in [9.17, 15) is 9.59 Å². The normalized spacial score (nSPS) is 10.8. The molecule has 2 amide bonds. The van der Waals surface area contributed by atoms with Gasteiger partial charge in [0.05, 0.1) is 5.56 Å². The largest absolute Gasteiger partial charge is 0.305 e. The Bertz CT molecular complexity index is 877. The number of hydrogen-bond donors (Lipinski definition) is 2. The van der Waals surface area contributed by atoms with E-state index in [1.54, 1.807) is 42.6 Å². The number of anilines is 2. The van der Waals surface area contributed by atoms with E-state index < -0.39 is 11.8 Å². The maximum atomic E-state index is 12.6. The second-order valence-corrected chi connectivity index (χ2v) is 6.06. The fourth-order valence-electron chi connectivity index (χ4n) is 2.42. The lowest BCUT2D eigenvalue weighted by Crippen LogP contribution is -2.20. The molecule has 0 radical (unpaired) electrons. The summed E-state index contributed by atoms with van der Waals surface area (Å²) in [5.41, 5.74) is 1.96. The number of rotatable bonds is 4. The summed E-state index contributed by atoms with van der Waals surface area (Å²) >= 11 is 0. The van der Waals surface area contributed by atoms with E-state index in [0.29, 0.717) is 11.6 Å². The molecule has 0 fully saturated rings. The number of aromatic nitrogens is 6. The van der Waals surface area contributed by atoms with Crippen LogP contribution < -0.4 is 10.6 Å². The Morgan fingerprint density at radius 3 is 1.81 bits per heavy atom. The van der Waals surface area contributed by atoms with Gasteiger partial charge in [-0.1, -0.05) is 0 Å². The van der Waals surface area contributed by atoms with Crippen molar-refractivity contribution in [2.45, 2.75) is 13.8 Å². The molecule has 136 valence electrons. The molecule has 0 aliphatic carbocycles. The first kappa shape index (κ1) is 17.4. The van der Waals surface area contributed by atoms with Crippen molar-refractivity contribution in [1.29, 1.82) is 0 Å². The highest BCUT2D eigenvalue weighted by molar-refractivity contribution is 6.13. The topological polar surface area (TPSA) is 112 Å². The fourth-order valence-corrected chi connectivity index (χ4v) is 2.42. The number of carbonyl (C=O) groups excluding carboxylic acids is 2. The molecule has 0 aliphatic heterocycles. The quantitative estimate of drug-likeness (QED) is 0.724. The zero-order valence-corrected chi connectivity index (χ0v) is 15.2. The van der Waals surface area contributed by atoms with Crippen LogP contribution in [0.2, 0.25) is 0 Å². The van der Waals surface area contributed by atoms with Crippen LogP contribution in [0.3, 0.4) is 0 Å². The van der Waals surface area contributed by atoms with Crippen molar-refractivity contribution in [2.75, 3.05) is 10.6 Å². The number of amides is 2. The summed E-state index contributed by atoms with van der Waals surface area (Å²) in [6.07, 6.45) is 1.49. The fraction of sp³-hybridized carbons (Fsp3) is 0.312. The molecule has 10 heteroatoms. The molecule has 0 saturated carbocycles. The molecule has 0 unspecified atom stereocenters. The number of hydrogen-bond acceptors (Lipinski definition) is 5. The average Bonchev–Trinajstić information content (AvgIpc) is 3.19. The van der Waals surface area contributed by atoms with Crippen LogP contribution in [0.4, 0.5) is 11.6 Å². The van der Waals surface area contributed by atoms with Gasteiger partial charge in [-0.25, -0.2) is 0 Å². The monoisotopic (exact) mass is 356 g/mol. The van der Waals surface area contributed by atoms with Crippen LogP contribution in [0.1, 0.15) is 32.2 Å². The van der Waals surface area contributed by atoms with Gasteiger partial charge in [0.2, 0.25) is 0 Å². The van der Waals surface area contributed by atoms with E-state index in [0.717, 1.165) is 11.4 Å². The van der Waals surface area contributed by atoms with E-state index in [1.165, 1.54) is 10.9 Å². The molecule has 3 rings (SSSR count). The van der Waals surface area contributed by atoms with Gasteiger partial charge >= 0.3 is 0 Å². The summed E-state index contributed by atoms with van der Waals surface area (Å²) < 4.78 is 4.71. The molecule has 0 spiro atoms. The Hall–Kier alpha value is -3.43. The van der Waals surface area contributed by atoms with Crippen molar-refractivity contribution in [2.24, 2.45) is 21.1 Å². The third kappa shape index (κ3) is 3.34. The van der Waals surface area contributed by atoms with E-state index in [-0.39, 0.29) is 11.3 Å². The van der Waals surface area contributed by atoms with Gasteiger partial charge in [0.1, 0.15) is 0 Å². The van der Waals surface area contributed by atoms with E-state index in [2.05, 4.69) is 25.9 Å². The average molecular weight is 356 g/mol. The number of nitrogens with zero attached hydrogens (tertiary/aromatic N) is 6. The van der Waals surface area contributed by atoms with Gasteiger partial charge in [0.25, 0.3) is 11.8 Å². The summed E-state index contributed by atoms with van der Waals surface area (Å²) in [5.74, 6) is -0.164. The van der Waals surface area contributed by atoms with Gasteiger partial charge in [-0.05, 0) is 13.8 Å². The van der Waals surface area contributed by atoms with Crippen LogP contribution in [0.15, 0.2) is 18.3 Å². The van der Waals surface area contributed by atoms with Crippen LogP contribution in [0.5, 0.6) is 0 Å². The summed E-state index contributed by atoms with van der Waals surface area (Å²) in [7, 11) is 5.20. The molecule has 10 nitrogen and oxygen atoms in total. The first-order valence-corrected chi connectivity index (χ1v) is 7.92. The summed E-state index contributed by atoms with van der Waals surface area (Å²) in [6.45, 7) is 3.75. The summed E-state index contributed by atoms with van der Waals surface area (Å²) in [5, 5.41) is 17.8. The van der Waals surface area contributed by atoms with Crippen LogP contribution >= 0.6 is 0 Å². The molecular formula is C16H20N8O2. The van der Waals surface area contributed by atoms with Gasteiger partial charge in [-0.15, -0.1) is 0 Å². The van der Waals surface area contributed by atoms with Gasteiger partial charge in [-0.3, -0.25) is 23.6 Å². The van der Waals surface area contributed by atoms with E-state index >= 15 is 0 Å². The maximum absolute atomic E-state index is 12.6. The highest BCUT2D eigenvalue weighted by atomic mass is 16.2. The first-order valence-electron chi connectivity index (χ1n) is 7.92. The van der Waals surface area contributed by atoms with Crippen molar-refractivity contribution in [3.8, 4) is 0 Å². The summed E-state index contributed by atoms with van der Waals surface area (Å²) in [6, 6.07) is 3.47. The first-order chi connectivity index (χ1) is 12.2. The number of aryl methyl sites for hydroxylation is 5. The molecular weight excluding hydrogens is 336 g/mol. The molecule has 2 N–H and O–H groups in total. The minimum Gasteiger partial charge on any atom is -0.305 e. The van der Waals surface area contributed by atoms with Crippen molar-refractivity contribution in [1.82, 2.24) is 29.3 Å². The number of carbonyl (C=O) groups is 2. The highest BCUT2D eigenvalue weighted by Gasteiger charge is 2.23. The summed E-state index contributed by atoms with van der Waals surface area (Å²) in [4.78, 5) is 25.1. The van der Waals surface area contributed by atoms with Crippen LogP contribution in [0.25, 0.3) is 0 Å². The lowest BCUT2D eigenvalue weighted by molar-refractivity contribution is 0.0987. The molecule has 0 atom stereocenters. The van der Waals surface area contributed by atoms with Crippen molar-refractivity contribution in [3.63, 3.8) is 0 Å². The Morgan fingerprint density at radius 1 is 0.846 bits per heavy atom. The molecule has 3 aromatic heterocycles. The molecule has 0 saturated heterocycles. The zero-order valence-electron chi connectivity index (χ0n) is 15.2.